The Morgan fingerprint density at radius 3 is 1.03 bits per heavy atom. The highest BCUT2D eigenvalue weighted by atomic mass is 16.7. The molecule has 0 bridgehead atoms. The second-order valence-corrected chi connectivity index (χ2v) is 12.0. The molecule has 0 saturated carbocycles. The predicted molar refractivity (Wildman–Crippen MR) is 162 cm³/mol. The first-order valence-electron chi connectivity index (χ1n) is 17.2. The van der Waals surface area contributed by atoms with Crippen molar-refractivity contribution in [3.8, 4) is 0 Å². The van der Waals surface area contributed by atoms with E-state index >= 15 is 0 Å². The van der Waals surface area contributed by atoms with Crippen molar-refractivity contribution < 1.29 is 19.2 Å². The summed E-state index contributed by atoms with van der Waals surface area (Å²) in [5, 5.41) is 0.642. The summed E-state index contributed by atoms with van der Waals surface area (Å²) in [6.07, 6.45) is 37.3. The zero-order valence-electron chi connectivity index (χ0n) is 25.8. The molecule has 1 saturated heterocycles. The van der Waals surface area contributed by atoms with Crippen molar-refractivity contribution in [1.29, 1.82) is 0 Å². The fourth-order valence-corrected chi connectivity index (χ4v) is 5.57. The zero-order valence-corrected chi connectivity index (χ0v) is 25.8. The first-order chi connectivity index (χ1) is 19.1. The van der Waals surface area contributed by atoms with Gasteiger partial charge in [-0.05, 0) is 6.42 Å². The van der Waals surface area contributed by atoms with Gasteiger partial charge in [-0.3, -0.25) is 9.59 Å². The van der Waals surface area contributed by atoms with Crippen molar-refractivity contribution in [3.63, 3.8) is 0 Å². The molecule has 0 radical (unpaired) electrons. The molecule has 1 aliphatic heterocycles. The molecule has 0 aliphatic carbocycles. The van der Waals surface area contributed by atoms with Crippen LogP contribution in [-0.2, 0) is 19.2 Å². The molecular weight excluding hydrogens is 486 g/mol. The zero-order chi connectivity index (χ0) is 28.2. The van der Waals surface area contributed by atoms with Gasteiger partial charge in [0.1, 0.15) is 0 Å². The molecule has 1 rings (SSSR count). The van der Waals surface area contributed by atoms with Gasteiger partial charge in [-0.1, -0.05) is 174 Å². The second-order valence-electron chi connectivity index (χ2n) is 12.0. The second kappa shape index (κ2) is 26.8. The van der Waals surface area contributed by atoms with Crippen LogP contribution in [-0.4, -0.2) is 22.8 Å². The van der Waals surface area contributed by atoms with E-state index < -0.39 is 17.8 Å². The van der Waals surface area contributed by atoms with Gasteiger partial charge in [-0.15, -0.1) is 5.06 Å². The molecular formula is C34H63NO4. The minimum Gasteiger partial charge on any atom is -0.330 e. The Balaban J connectivity index is 1.68. The van der Waals surface area contributed by atoms with Crippen LogP contribution in [0.3, 0.4) is 0 Å². The van der Waals surface area contributed by atoms with Gasteiger partial charge in [-0.25, -0.2) is 4.79 Å². The van der Waals surface area contributed by atoms with Crippen LogP contribution in [0, 0.1) is 0 Å². The van der Waals surface area contributed by atoms with Crippen LogP contribution in [0.1, 0.15) is 200 Å². The lowest BCUT2D eigenvalue weighted by Crippen LogP contribution is -2.31. The Bertz CT molecular complexity index is 590. The maximum Gasteiger partial charge on any atom is 0.333 e. The van der Waals surface area contributed by atoms with E-state index in [4.69, 9.17) is 4.84 Å². The van der Waals surface area contributed by atoms with Crippen molar-refractivity contribution in [2.75, 3.05) is 0 Å². The summed E-state index contributed by atoms with van der Waals surface area (Å²) < 4.78 is 0. The predicted octanol–water partition coefficient (Wildman–Crippen LogP) is 10.5. The summed E-state index contributed by atoms with van der Waals surface area (Å²) in [7, 11) is 0. The lowest BCUT2D eigenvalue weighted by Gasteiger charge is -2.12. The van der Waals surface area contributed by atoms with Gasteiger partial charge in [0.05, 0.1) is 0 Å². The first kappa shape index (κ1) is 35.6. The quantitative estimate of drug-likeness (QED) is 0.0687. The maximum atomic E-state index is 11.8. The SMILES string of the molecule is CCCCCCCCCCCCCCCCCCCCCCCCCCCCCC(=O)ON1C(=O)CCC1=O. The number of nitrogens with zero attached hydrogens (tertiary/aromatic N) is 1. The highest BCUT2D eigenvalue weighted by Gasteiger charge is 2.32. The van der Waals surface area contributed by atoms with Crippen molar-refractivity contribution in [3.05, 3.63) is 0 Å². The monoisotopic (exact) mass is 549 g/mol. The Morgan fingerprint density at radius 1 is 0.487 bits per heavy atom. The molecule has 0 aromatic carbocycles. The van der Waals surface area contributed by atoms with Crippen LogP contribution >= 0.6 is 0 Å². The van der Waals surface area contributed by atoms with E-state index in [0.29, 0.717) is 5.06 Å². The number of unbranched alkanes of at least 4 members (excludes halogenated alkanes) is 26. The normalized spacial score (nSPS) is 13.5. The van der Waals surface area contributed by atoms with Crippen molar-refractivity contribution in [1.82, 2.24) is 5.06 Å². The van der Waals surface area contributed by atoms with Crippen LogP contribution < -0.4 is 0 Å². The molecule has 0 aromatic heterocycles. The Morgan fingerprint density at radius 2 is 0.744 bits per heavy atom. The van der Waals surface area contributed by atoms with E-state index in [1.165, 1.54) is 154 Å². The third kappa shape index (κ3) is 22.0. The highest BCUT2D eigenvalue weighted by molar-refractivity contribution is 6.01. The van der Waals surface area contributed by atoms with Gasteiger partial charge < -0.3 is 4.84 Å². The van der Waals surface area contributed by atoms with Crippen LogP contribution in [0.5, 0.6) is 0 Å². The van der Waals surface area contributed by atoms with Gasteiger partial charge in [-0.2, -0.15) is 0 Å². The number of carbonyl (C=O) groups is 3. The maximum absolute atomic E-state index is 11.8. The van der Waals surface area contributed by atoms with Gasteiger partial charge in [0.15, 0.2) is 0 Å². The van der Waals surface area contributed by atoms with Crippen molar-refractivity contribution in [2.24, 2.45) is 0 Å². The number of imide groups is 1. The van der Waals surface area contributed by atoms with E-state index in [9.17, 15) is 14.4 Å². The molecule has 0 N–H and O–H groups in total. The molecule has 0 unspecified atom stereocenters. The third-order valence-corrected chi connectivity index (χ3v) is 8.18. The molecule has 0 atom stereocenters. The Kier molecular flexibility index (Phi) is 24.5. The smallest absolute Gasteiger partial charge is 0.330 e. The summed E-state index contributed by atoms with van der Waals surface area (Å²) in [6, 6.07) is 0. The van der Waals surface area contributed by atoms with Crippen molar-refractivity contribution >= 4 is 17.8 Å². The molecule has 228 valence electrons. The molecule has 1 heterocycles. The van der Waals surface area contributed by atoms with E-state index in [1.807, 2.05) is 0 Å². The number of rotatable bonds is 29. The molecule has 1 fully saturated rings. The summed E-state index contributed by atoms with van der Waals surface area (Å²) in [4.78, 5) is 39.5. The molecule has 0 aromatic rings. The average molecular weight is 550 g/mol. The van der Waals surface area contributed by atoms with Crippen LogP contribution in [0.2, 0.25) is 0 Å². The molecule has 39 heavy (non-hydrogen) atoms. The van der Waals surface area contributed by atoms with Crippen LogP contribution in [0.15, 0.2) is 0 Å². The first-order valence-corrected chi connectivity index (χ1v) is 17.2. The van der Waals surface area contributed by atoms with Crippen LogP contribution in [0.25, 0.3) is 0 Å². The van der Waals surface area contributed by atoms with E-state index in [1.54, 1.807) is 0 Å². The summed E-state index contributed by atoms with van der Waals surface area (Å²) >= 11 is 0. The molecule has 5 heteroatoms. The largest absolute Gasteiger partial charge is 0.333 e. The van der Waals surface area contributed by atoms with Gasteiger partial charge in [0.25, 0.3) is 11.8 Å². The van der Waals surface area contributed by atoms with Gasteiger partial charge >= 0.3 is 5.97 Å². The highest BCUT2D eigenvalue weighted by Crippen LogP contribution is 2.17. The minimum absolute atomic E-state index is 0.145. The van der Waals surface area contributed by atoms with Gasteiger partial charge in [0.2, 0.25) is 0 Å². The van der Waals surface area contributed by atoms with Crippen molar-refractivity contribution in [2.45, 2.75) is 200 Å². The fourth-order valence-electron chi connectivity index (χ4n) is 5.57. The number of carbonyl (C=O) groups excluding carboxylic acids is 3. The van der Waals surface area contributed by atoms with E-state index in [-0.39, 0.29) is 19.3 Å². The molecule has 0 spiro atoms. The third-order valence-electron chi connectivity index (χ3n) is 8.18. The van der Waals surface area contributed by atoms with E-state index in [2.05, 4.69) is 6.92 Å². The molecule has 5 nitrogen and oxygen atoms in total. The Labute approximate surface area is 241 Å². The summed E-state index contributed by atoms with van der Waals surface area (Å²) in [6.45, 7) is 2.29. The topological polar surface area (TPSA) is 63.7 Å². The lowest BCUT2D eigenvalue weighted by atomic mass is 10.0. The number of hydrogen-bond acceptors (Lipinski definition) is 4. The molecule has 1 aliphatic rings. The van der Waals surface area contributed by atoms with Gasteiger partial charge in [0, 0.05) is 19.3 Å². The number of amides is 2. The summed E-state index contributed by atoms with van der Waals surface area (Å²) in [5.74, 6) is -1.29. The number of hydrogen-bond donors (Lipinski definition) is 0. The fraction of sp³-hybridized carbons (Fsp3) is 0.912. The molecule has 2 amide bonds. The standard InChI is InChI=1S/C34H63NO4/c1-2-3-4-5-6-7-8-9-10-11-12-13-14-15-16-17-18-19-20-21-22-23-24-25-26-27-28-29-34(38)39-35-32(36)30-31-33(35)37/h2-31H2,1H3. The van der Waals surface area contributed by atoms with E-state index in [0.717, 1.165) is 19.3 Å². The van der Waals surface area contributed by atoms with Crippen LogP contribution in [0.4, 0.5) is 0 Å². The summed E-state index contributed by atoms with van der Waals surface area (Å²) in [5.41, 5.74) is 0. The number of hydroxylamine groups is 2. The lowest BCUT2D eigenvalue weighted by molar-refractivity contribution is -0.197. The minimum atomic E-state index is -0.474. The average Bonchev–Trinajstić information content (AvgIpc) is 3.24. The Hall–Kier alpha value is -1.39.